The molecule has 126 valence electrons. The zero-order valence-corrected chi connectivity index (χ0v) is 16.1. The first-order chi connectivity index (χ1) is 11.9. The van der Waals surface area contributed by atoms with Gasteiger partial charge in [-0.25, -0.2) is 0 Å². The Labute approximate surface area is 154 Å². The maximum atomic E-state index is 4.71. The minimum Gasteiger partial charge on any atom is -0.344 e. The second kappa shape index (κ2) is 5.67. The maximum absolute atomic E-state index is 4.71. The van der Waals surface area contributed by atoms with Crippen molar-refractivity contribution >= 4 is 34.4 Å². The van der Waals surface area contributed by atoms with Gasteiger partial charge in [-0.1, -0.05) is 50.2 Å². The number of aryl methyl sites for hydroxylation is 2. The number of benzene rings is 3. The molecule has 1 heterocycles. The molecule has 0 saturated heterocycles. The highest BCUT2D eigenvalue weighted by molar-refractivity contribution is 7.80. The van der Waals surface area contributed by atoms with Gasteiger partial charge in [-0.15, -0.1) is 12.6 Å². The Morgan fingerprint density at radius 1 is 0.800 bits per heavy atom. The lowest BCUT2D eigenvalue weighted by Crippen LogP contribution is -2.21. The maximum Gasteiger partial charge on any atom is 0.0491 e. The van der Waals surface area contributed by atoms with Crippen molar-refractivity contribution in [3.05, 3.63) is 77.4 Å². The zero-order valence-electron chi connectivity index (χ0n) is 15.2. The molecule has 25 heavy (non-hydrogen) atoms. The molecule has 0 radical (unpaired) electrons. The lowest BCUT2D eigenvalue weighted by Gasteiger charge is -2.29. The van der Waals surface area contributed by atoms with Crippen LogP contribution in [0.1, 0.15) is 30.5 Å². The summed E-state index contributed by atoms with van der Waals surface area (Å²) in [5.41, 5.74) is 6.41. The second-order valence-corrected chi connectivity index (χ2v) is 7.88. The monoisotopic (exact) mass is 345 g/mol. The van der Waals surface area contributed by atoms with Crippen LogP contribution in [0.2, 0.25) is 0 Å². The standard InChI is InChI=1S/C23H23NS/c1-15-13-21-17(16-9-5-7-11-20(16)24(21)4)14-19(15)23(2,3)18-10-6-8-12-22(18)25/h5-14,25H,1-4H3. The van der Waals surface area contributed by atoms with E-state index in [2.05, 4.69) is 87.0 Å². The van der Waals surface area contributed by atoms with E-state index in [1.54, 1.807) is 0 Å². The topological polar surface area (TPSA) is 4.93 Å². The largest absolute Gasteiger partial charge is 0.344 e. The van der Waals surface area contributed by atoms with Crippen LogP contribution in [0.15, 0.2) is 65.6 Å². The van der Waals surface area contributed by atoms with E-state index in [-0.39, 0.29) is 5.41 Å². The van der Waals surface area contributed by atoms with E-state index in [4.69, 9.17) is 12.6 Å². The highest BCUT2D eigenvalue weighted by Gasteiger charge is 2.27. The molecule has 1 nitrogen and oxygen atoms in total. The van der Waals surface area contributed by atoms with Crippen LogP contribution in [0, 0.1) is 6.92 Å². The van der Waals surface area contributed by atoms with Gasteiger partial charge >= 0.3 is 0 Å². The van der Waals surface area contributed by atoms with E-state index < -0.39 is 0 Å². The molecule has 3 aromatic carbocycles. The van der Waals surface area contributed by atoms with Crippen LogP contribution < -0.4 is 0 Å². The molecule has 0 fully saturated rings. The average molecular weight is 346 g/mol. The number of nitrogens with zero attached hydrogens (tertiary/aromatic N) is 1. The number of hydrogen-bond acceptors (Lipinski definition) is 1. The normalized spacial score (nSPS) is 12.2. The van der Waals surface area contributed by atoms with E-state index in [1.165, 1.54) is 38.5 Å². The van der Waals surface area contributed by atoms with E-state index in [9.17, 15) is 0 Å². The van der Waals surface area contributed by atoms with E-state index in [1.807, 2.05) is 6.07 Å². The van der Waals surface area contributed by atoms with Crippen LogP contribution in [0.3, 0.4) is 0 Å². The summed E-state index contributed by atoms with van der Waals surface area (Å²) in [5, 5.41) is 2.64. The van der Waals surface area contributed by atoms with E-state index in [0.717, 1.165) is 4.90 Å². The third-order valence-electron chi connectivity index (χ3n) is 5.51. The predicted octanol–water partition coefficient (Wildman–Crippen LogP) is 6.25. The summed E-state index contributed by atoms with van der Waals surface area (Å²) in [6, 6.07) is 21.8. The molecule has 2 heteroatoms. The van der Waals surface area contributed by atoms with Gasteiger partial charge in [-0.2, -0.15) is 0 Å². The van der Waals surface area contributed by atoms with Gasteiger partial charge in [0, 0.05) is 39.2 Å². The third kappa shape index (κ3) is 2.39. The Balaban J connectivity index is 2.04. The fourth-order valence-corrected chi connectivity index (χ4v) is 4.57. The van der Waals surface area contributed by atoms with Crippen LogP contribution in [-0.2, 0) is 12.5 Å². The number of hydrogen-bond donors (Lipinski definition) is 1. The molecule has 1 aromatic heterocycles. The molecule has 0 saturated carbocycles. The second-order valence-electron chi connectivity index (χ2n) is 7.40. The van der Waals surface area contributed by atoms with Crippen molar-refractivity contribution in [3.8, 4) is 0 Å². The molecular weight excluding hydrogens is 322 g/mol. The third-order valence-corrected chi connectivity index (χ3v) is 5.90. The van der Waals surface area contributed by atoms with Crippen molar-refractivity contribution < 1.29 is 0 Å². The predicted molar refractivity (Wildman–Crippen MR) is 111 cm³/mol. The Morgan fingerprint density at radius 3 is 2.24 bits per heavy atom. The van der Waals surface area contributed by atoms with Crippen molar-refractivity contribution in [1.29, 1.82) is 0 Å². The van der Waals surface area contributed by atoms with E-state index in [0.29, 0.717) is 0 Å². The minimum atomic E-state index is -0.104. The summed E-state index contributed by atoms with van der Waals surface area (Å²) in [7, 11) is 2.15. The number of para-hydroxylation sites is 1. The molecule has 4 aromatic rings. The number of aromatic nitrogens is 1. The first-order valence-electron chi connectivity index (χ1n) is 8.68. The van der Waals surface area contributed by atoms with Gasteiger partial charge in [0.1, 0.15) is 0 Å². The number of rotatable bonds is 2. The fourth-order valence-electron chi connectivity index (χ4n) is 4.13. The Hall–Kier alpha value is -2.19. The fraction of sp³-hybridized carbons (Fsp3) is 0.217. The highest BCUT2D eigenvalue weighted by atomic mass is 32.1. The molecule has 0 spiro atoms. The number of fused-ring (bicyclic) bond motifs is 3. The van der Waals surface area contributed by atoms with Crippen molar-refractivity contribution in [2.45, 2.75) is 31.1 Å². The summed E-state index contributed by atoms with van der Waals surface area (Å²) < 4.78 is 2.29. The van der Waals surface area contributed by atoms with Crippen LogP contribution in [-0.4, -0.2) is 4.57 Å². The molecule has 0 N–H and O–H groups in total. The van der Waals surface area contributed by atoms with Crippen molar-refractivity contribution in [2.75, 3.05) is 0 Å². The SMILES string of the molecule is Cc1cc2c(cc1C(C)(C)c1ccccc1S)c1ccccc1n2C. The lowest BCUT2D eigenvalue weighted by atomic mass is 9.76. The molecule has 4 rings (SSSR count). The van der Waals surface area contributed by atoms with Crippen molar-refractivity contribution in [3.63, 3.8) is 0 Å². The average Bonchev–Trinajstić information content (AvgIpc) is 2.87. The van der Waals surface area contributed by atoms with Gasteiger partial charge in [0.15, 0.2) is 0 Å². The molecule has 0 bridgehead atoms. The Bertz CT molecular complexity index is 1100. The van der Waals surface area contributed by atoms with Gasteiger partial charge in [-0.3, -0.25) is 0 Å². The Morgan fingerprint density at radius 2 is 1.48 bits per heavy atom. The molecule has 0 amide bonds. The summed E-state index contributed by atoms with van der Waals surface area (Å²) >= 11 is 4.71. The molecule has 0 aliphatic heterocycles. The quantitative estimate of drug-likeness (QED) is 0.409. The summed E-state index contributed by atoms with van der Waals surface area (Å²) in [4.78, 5) is 1.05. The van der Waals surface area contributed by atoms with Crippen molar-refractivity contribution in [1.82, 2.24) is 4.57 Å². The number of thiol groups is 1. The molecular formula is C23H23NS. The first kappa shape index (κ1) is 16.3. The minimum absolute atomic E-state index is 0.104. The molecule has 0 aliphatic carbocycles. The van der Waals surface area contributed by atoms with Crippen LogP contribution in [0.5, 0.6) is 0 Å². The smallest absolute Gasteiger partial charge is 0.0491 e. The lowest BCUT2D eigenvalue weighted by molar-refractivity contribution is 0.624. The summed E-state index contributed by atoms with van der Waals surface area (Å²) in [6.45, 7) is 6.80. The molecule has 0 atom stereocenters. The van der Waals surface area contributed by atoms with Gasteiger partial charge in [0.2, 0.25) is 0 Å². The van der Waals surface area contributed by atoms with Crippen LogP contribution >= 0.6 is 12.6 Å². The van der Waals surface area contributed by atoms with Crippen LogP contribution in [0.4, 0.5) is 0 Å². The first-order valence-corrected chi connectivity index (χ1v) is 9.12. The molecule has 0 aliphatic rings. The van der Waals surface area contributed by atoms with Crippen molar-refractivity contribution in [2.24, 2.45) is 7.05 Å². The molecule has 0 unspecified atom stereocenters. The van der Waals surface area contributed by atoms with Gasteiger partial charge in [0.25, 0.3) is 0 Å². The zero-order chi connectivity index (χ0) is 17.8. The summed E-state index contributed by atoms with van der Waals surface area (Å²) in [5.74, 6) is 0. The van der Waals surface area contributed by atoms with Crippen LogP contribution in [0.25, 0.3) is 21.8 Å². The Kier molecular flexibility index (Phi) is 3.69. The summed E-state index contributed by atoms with van der Waals surface area (Å²) in [6.07, 6.45) is 0. The highest BCUT2D eigenvalue weighted by Crippen LogP contribution is 2.40. The van der Waals surface area contributed by atoms with Gasteiger partial charge in [-0.05, 0) is 47.9 Å². The van der Waals surface area contributed by atoms with E-state index >= 15 is 0 Å². The van der Waals surface area contributed by atoms with Gasteiger partial charge in [0.05, 0.1) is 0 Å². The van der Waals surface area contributed by atoms with Gasteiger partial charge < -0.3 is 4.57 Å².